The highest BCUT2D eigenvalue weighted by Gasteiger charge is 2.36. The third-order valence-electron chi connectivity index (χ3n) is 4.07. The summed E-state index contributed by atoms with van der Waals surface area (Å²) >= 11 is 1.37. The van der Waals surface area contributed by atoms with Crippen molar-refractivity contribution in [1.82, 2.24) is 4.90 Å². The van der Waals surface area contributed by atoms with Crippen LogP contribution in [0.3, 0.4) is 0 Å². The lowest BCUT2D eigenvalue weighted by atomic mass is 10.1. The van der Waals surface area contributed by atoms with Gasteiger partial charge in [0.15, 0.2) is 5.17 Å². The lowest BCUT2D eigenvalue weighted by Crippen LogP contribution is -2.38. The summed E-state index contributed by atoms with van der Waals surface area (Å²) in [6.45, 7) is 2.01. The van der Waals surface area contributed by atoms with Crippen LogP contribution in [-0.4, -0.2) is 21.8 Å². The summed E-state index contributed by atoms with van der Waals surface area (Å²) in [6.07, 6.45) is 1.73. The van der Waals surface area contributed by atoms with Crippen molar-refractivity contribution >= 4 is 40.4 Å². The van der Waals surface area contributed by atoms with Crippen LogP contribution in [-0.2, 0) is 4.79 Å². The molecule has 0 bridgehead atoms. The number of benzene rings is 2. The third-order valence-corrected chi connectivity index (χ3v) is 4.90. The molecule has 2 aromatic carbocycles. The van der Waals surface area contributed by atoms with E-state index in [0.717, 1.165) is 22.4 Å². The van der Waals surface area contributed by atoms with Crippen LogP contribution in [0.2, 0.25) is 0 Å². The van der Waals surface area contributed by atoms with E-state index in [2.05, 4.69) is 4.99 Å². The topological polar surface area (TPSA) is 56.5 Å². The van der Waals surface area contributed by atoms with E-state index in [-0.39, 0.29) is 11.7 Å². The number of amides is 1. The molecule has 122 valence electrons. The predicted octanol–water partition coefficient (Wildman–Crippen LogP) is 4.30. The van der Waals surface area contributed by atoms with Crippen LogP contribution < -0.4 is 0 Å². The molecule has 1 N–H and O–H groups in total. The largest absolute Gasteiger partial charge is 0.283 e. The van der Waals surface area contributed by atoms with E-state index in [1.807, 2.05) is 66.9 Å². The molecule has 0 unspecified atom stereocenters. The van der Waals surface area contributed by atoms with Crippen LogP contribution in [0.15, 0.2) is 70.6 Å². The summed E-state index contributed by atoms with van der Waals surface area (Å²) in [7, 11) is 0. The number of aliphatic imine (C=N–C) groups is 1. The van der Waals surface area contributed by atoms with Crippen LogP contribution in [0.4, 0.5) is 0 Å². The van der Waals surface area contributed by atoms with Crippen molar-refractivity contribution in [3.8, 4) is 0 Å². The van der Waals surface area contributed by atoms with E-state index in [9.17, 15) is 4.79 Å². The Kier molecular flexibility index (Phi) is 3.86. The zero-order chi connectivity index (χ0) is 17.4. The second-order valence-electron chi connectivity index (χ2n) is 5.84. The van der Waals surface area contributed by atoms with Crippen LogP contribution >= 0.6 is 11.8 Å². The molecule has 4 nitrogen and oxygen atoms in total. The molecule has 0 saturated heterocycles. The molecule has 0 spiro atoms. The van der Waals surface area contributed by atoms with Crippen LogP contribution in [0, 0.1) is 12.3 Å². The SMILES string of the molecule is Cc1ccc(C=C2C(=N)N3C(c4ccccc4)=CSC3=NC2=O)cc1. The number of nitrogens with one attached hydrogen (secondary N) is 1. The monoisotopic (exact) mass is 345 g/mol. The molecule has 5 heteroatoms. The van der Waals surface area contributed by atoms with Gasteiger partial charge in [-0.15, -0.1) is 0 Å². The smallest absolute Gasteiger partial charge is 0.283 e. The van der Waals surface area contributed by atoms with E-state index in [0.29, 0.717) is 10.7 Å². The van der Waals surface area contributed by atoms with Gasteiger partial charge in [0.2, 0.25) is 0 Å². The summed E-state index contributed by atoms with van der Waals surface area (Å²) in [5, 5.41) is 11.0. The van der Waals surface area contributed by atoms with Crippen molar-refractivity contribution in [3.05, 3.63) is 82.3 Å². The van der Waals surface area contributed by atoms with Gasteiger partial charge in [0, 0.05) is 5.41 Å². The summed E-state index contributed by atoms with van der Waals surface area (Å²) < 4.78 is 0. The molecule has 2 aliphatic rings. The fourth-order valence-corrected chi connectivity index (χ4v) is 3.63. The van der Waals surface area contributed by atoms with Gasteiger partial charge in [-0.3, -0.25) is 15.1 Å². The minimum absolute atomic E-state index is 0.163. The molecule has 0 radical (unpaired) electrons. The van der Waals surface area contributed by atoms with Crippen LogP contribution in [0.5, 0.6) is 0 Å². The average molecular weight is 345 g/mol. The fourth-order valence-electron chi connectivity index (χ4n) is 2.74. The van der Waals surface area contributed by atoms with Crippen LogP contribution in [0.1, 0.15) is 16.7 Å². The summed E-state index contributed by atoms with van der Waals surface area (Å²) in [5.74, 6) is -0.206. The number of carbonyl (C=O) groups excluding carboxylic acids is 1. The van der Waals surface area contributed by atoms with Crippen molar-refractivity contribution in [2.24, 2.45) is 4.99 Å². The number of thioether (sulfide) groups is 1. The molecular weight excluding hydrogens is 330 g/mol. The quantitative estimate of drug-likeness (QED) is 0.826. The van der Waals surface area contributed by atoms with E-state index in [1.165, 1.54) is 11.8 Å². The Morgan fingerprint density at radius 2 is 1.80 bits per heavy atom. The molecule has 2 aromatic rings. The summed E-state index contributed by atoms with van der Waals surface area (Å²) in [5.41, 5.74) is 4.20. The first-order valence-electron chi connectivity index (χ1n) is 7.86. The van der Waals surface area contributed by atoms with Gasteiger partial charge in [-0.05, 0) is 24.1 Å². The molecule has 0 saturated carbocycles. The molecule has 4 rings (SSSR count). The van der Waals surface area contributed by atoms with Gasteiger partial charge in [-0.25, -0.2) is 0 Å². The van der Waals surface area contributed by atoms with E-state index < -0.39 is 0 Å². The Balaban J connectivity index is 1.74. The lowest BCUT2D eigenvalue weighted by molar-refractivity contribution is -0.114. The highest BCUT2D eigenvalue weighted by atomic mass is 32.2. The Bertz CT molecular complexity index is 956. The number of fused-ring (bicyclic) bond motifs is 1. The standard InChI is InChI=1S/C20H15N3OS/c1-13-7-9-14(10-8-13)11-16-18(21)23-17(15-5-3-2-4-6-15)12-25-20(23)22-19(16)24/h2-12,21H,1H3. The number of aryl methyl sites for hydroxylation is 1. The molecule has 0 fully saturated rings. The van der Waals surface area contributed by atoms with E-state index in [1.54, 1.807) is 11.0 Å². The number of hydrogen-bond donors (Lipinski definition) is 1. The number of nitrogens with zero attached hydrogens (tertiary/aromatic N) is 2. The zero-order valence-electron chi connectivity index (χ0n) is 13.6. The van der Waals surface area contributed by atoms with Gasteiger partial charge in [-0.1, -0.05) is 71.9 Å². The molecular formula is C20H15N3OS. The van der Waals surface area contributed by atoms with Gasteiger partial charge in [0.25, 0.3) is 5.91 Å². The van der Waals surface area contributed by atoms with E-state index in [4.69, 9.17) is 5.41 Å². The second-order valence-corrected chi connectivity index (χ2v) is 6.68. The van der Waals surface area contributed by atoms with Crippen molar-refractivity contribution in [1.29, 1.82) is 5.41 Å². The average Bonchev–Trinajstić information content (AvgIpc) is 3.05. The number of carbonyl (C=O) groups is 1. The van der Waals surface area contributed by atoms with Gasteiger partial charge >= 0.3 is 0 Å². The fraction of sp³-hybridized carbons (Fsp3) is 0.0500. The highest BCUT2D eigenvalue weighted by molar-refractivity contribution is 8.17. The minimum Gasteiger partial charge on any atom is -0.283 e. The predicted molar refractivity (Wildman–Crippen MR) is 103 cm³/mol. The first-order chi connectivity index (χ1) is 12.1. The van der Waals surface area contributed by atoms with E-state index >= 15 is 0 Å². The first-order valence-corrected chi connectivity index (χ1v) is 8.74. The summed E-state index contributed by atoms with van der Waals surface area (Å²) in [6, 6.07) is 17.7. The highest BCUT2D eigenvalue weighted by Crippen LogP contribution is 2.37. The molecule has 1 amide bonds. The Morgan fingerprint density at radius 1 is 1.08 bits per heavy atom. The number of amidine groups is 2. The van der Waals surface area contributed by atoms with Crippen LogP contribution in [0.25, 0.3) is 11.8 Å². The molecule has 25 heavy (non-hydrogen) atoms. The maximum atomic E-state index is 12.4. The third kappa shape index (κ3) is 2.83. The van der Waals surface area contributed by atoms with Crippen molar-refractivity contribution in [2.45, 2.75) is 6.92 Å². The minimum atomic E-state index is -0.368. The van der Waals surface area contributed by atoms with Crippen molar-refractivity contribution in [2.75, 3.05) is 0 Å². The van der Waals surface area contributed by atoms with Gasteiger partial charge in [0.1, 0.15) is 5.84 Å². The first kappa shape index (κ1) is 15.6. The Hall–Kier alpha value is -2.92. The number of hydrogen-bond acceptors (Lipinski definition) is 3. The Labute approximate surface area is 150 Å². The molecule has 2 heterocycles. The zero-order valence-corrected chi connectivity index (χ0v) is 14.4. The van der Waals surface area contributed by atoms with Gasteiger partial charge in [0.05, 0.1) is 11.3 Å². The summed E-state index contributed by atoms with van der Waals surface area (Å²) in [4.78, 5) is 18.3. The lowest BCUT2D eigenvalue weighted by Gasteiger charge is -2.26. The molecule has 0 atom stereocenters. The van der Waals surface area contributed by atoms with Crippen molar-refractivity contribution < 1.29 is 4.79 Å². The maximum absolute atomic E-state index is 12.4. The van der Waals surface area contributed by atoms with Gasteiger partial charge < -0.3 is 0 Å². The number of rotatable bonds is 2. The Morgan fingerprint density at radius 3 is 2.52 bits per heavy atom. The molecule has 0 aliphatic carbocycles. The molecule has 0 aromatic heterocycles. The second kappa shape index (κ2) is 6.18. The van der Waals surface area contributed by atoms with Crippen molar-refractivity contribution in [3.63, 3.8) is 0 Å². The molecule has 2 aliphatic heterocycles. The maximum Gasteiger partial charge on any atom is 0.283 e. The normalized spacial score (nSPS) is 18.3. The van der Waals surface area contributed by atoms with Gasteiger partial charge in [-0.2, -0.15) is 4.99 Å².